The van der Waals surface area contributed by atoms with Gasteiger partial charge in [-0.1, -0.05) is 6.92 Å². The molecule has 0 saturated carbocycles. The van der Waals surface area contributed by atoms with Crippen molar-refractivity contribution >= 4 is 17.5 Å². The number of nitrogens with one attached hydrogen (secondary N) is 1. The van der Waals surface area contributed by atoms with Crippen LogP contribution in [0, 0.1) is 0 Å². The lowest BCUT2D eigenvalue weighted by atomic mass is 10.1. The summed E-state index contributed by atoms with van der Waals surface area (Å²) in [6, 6.07) is 4.00. The molecule has 1 rings (SSSR count). The Morgan fingerprint density at radius 1 is 1.41 bits per heavy atom. The predicted octanol–water partition coefficient (Wildman–Crippen LogP) is 2.24. The van der Waals surface area contributed by atoms with Gasteiger partial charge in [0.25, 0.3) is 5.91 Å². The third-order valence-corrected chi connectivity index (χ3v) is 2.74. The van der Waals surface area contributed by atoms with Gasteiger partial charge in [-0.05, 0) is 31.0 Å². The highest BCUT2D eigenvalue weighted by molar-refractivity contribution is 6.17. The van der Waals surface area contributed by atoms with Crippen molar-refractivity contribution in [3.63, 3.8) is 0 Å². The minimum atomic E-state index is -0.303. The maximum absolute atomic E-state index is 11.8. The van der Waals surface area contributed by atoms with Gasteiger partial charge in [-0.3, -0.25) is 4.79 Å². The number of phenolic OH excluding ortho intramolecular Hbond substituents is 2. The summed E-state index contributed by atoms with van der Waals surface area (Å²) in [5, 5.41) is 21.2. The van der Waals surface area contributed by atoms with Gasteiger partial charge >= 0.3 is 0 Å². The summed E-state index contributed by atoms with van der Waals surface area (Å²) in [6.45, 7) is 1.96. The second-order valence-corrected chi connectivity index (χ2v) is 4.14. The first-order chi connectivity index (χ1) is 8.08. The molecule has 0 heterocycles. The predicted molar refractivity (Wildman–Crippen MR) is 66.7 cm³/mol. The molecule has 1 aromatic carbocycles. The maximum atomic E-state index is 11.8. The summed E-state index contributed by atoms with van der Waals surface area (Å²) in [5.74, 6) is -0.339. The zero-order chi connectivity index (χ0) is 12.8. The van der Waals surface area contributed by atoms with Crippen LogP contribution in [0.5, 0.6) is 11.5 Å². The van der Waals surface area contributed by atoms with Crippen molar-refractivity contribution in [2.24, 2.45) is 0 Å². The van der Waals surface area contributed by atoms with Gasteiger partial charge in [-0.15, -0.1) is 11.6 Å². The van der Waals surface area contributed by atoms with Crippen LogP contribution in [0.3, 0.4) is 0 Å². The Labute approximate surface area is 105 Å². The first-order valence-corrected chi connectivity index (χ1v) is 6.00. The van der Waals surface area contributed by atoms with Crippen molar-refractivity contribution in [3.8, 4) is 11.5 Å². The summed E-state index contributed by atoms with van der Waals surface area (Å²) < 4.78 is 0. The Morgan fingerprint density at radius 2 is 2.12 bits per heavy atom. The van der Waals surface area contributed by atoms with E-state index in [1.54, 1.807) is 0 Å². The van der Waals surface area contributed by atoms with E-state index in [-0.39, 0.29) is 23.4 Å². The van der Waals surface area contributed by atoms with Crippen molar-refractivity contribution in [3.05, 3.63) is 23.8 Å². The Balaban J connectivity index is 2.72. The minimum absolute atomic E-state index is 0.0240. The Hall–Kier alpha value is -1.42. The molecule has 17 heavy (non-hydrogen) atoms. The summed E-state index contributed by atoms with van der Waals surface area (Å²) >= 11 is 5.63. The second-order valence-electron chi connectivity index (χ2n) is 3.76. The summed E-state index contributed by atoms with van der Waals surface area (Å²) in [6.07, 6.45) is 1.50. The fourth-order valence-electron chi connectivity index (χ4n) is 1.44. The fourth-order valence-corrected chi connectivity index (χ4v) is 1.71. The first kappa shape index (κ1) is 13.6. The van der Waals surface area contributed by atoms with E-state index in [0.29, 0.717) is 17.9 Å². The van der Waals surface area contributed by atoms with Crippen LogP contribution in [0.15, 0.2) is 18.2 Å². The highest BCUT2D eigenvalue weighted by Gasteiger charge is 2.13. The largest absolute Gasteiger partial charge is 0.504 e. The van der Waals surface area contributed by atoms with E-state index in [1.807, 2.05) is 6.92 Å². The van der Waals surface area contributed by atoms with Gasteiger partial charge < -0.3 is 15.5 Å². The molecular formula is C12H16ClNO3. The number of carbonyl (C=O) groups excluding carboxylic acids is 1. The number of rotatable bonds is 5. The Bertz CT molecular complexity index is 395. The van der Waals surface area contributed by atoms with E-state index in [2.05, 4.69) is 5.32 Å². The number of alkyl halides is 1. The number of aromatic hydroxyl groups is 2. The highest BCUT2D eigenvalue weighted by atomic mass is 35.5. The van der Waals surface area contributed by atoms with E-state index in [0.717, 1.165) is 6.42 Å². The van der Waals surface area contributed by atoms with Crippen molar-refractivity contribution in [1.29, 1.82) is 0 Å². The molecule has 4 nitrogen and oxygen atoms in total. The molecule has 3 N–H and O–H groups in total. The van der Waals surface area contributed by atoms with Crippen LogP contribution in [0.25, 0.3) is 0 Å². The van der Waals surface area contributed by atoms with Gasteiger partial charge in [0.15, 0.2) is 11.5 Å². The molecule has 1 amide bonds. The van der Waals surface area contributed by atoms with Crippen LogP contribution in [-0.2, 0) is 0 Å². The molecule has 0 radical (unpaired) electrons. The van der Waals surface area contributed by atoms with Crippen molar-refractivity contribution in [1.82, 2.24) is 5.32 Å². The number of amides is 1. The smallest absolute Gasteiger partial charge is 0.251 e. The van der Waals surface area contributed by atoms with Gasteiger partial charge in [-0.2, -0.15) is 0 Å². The van der Waals surface area contributed by atoms with Crippen molar-refractivity contribution in [2.75, 3.05) is 5.88 Å². The lowest BCUT2D eigenvalue weighted by Gasteiger charge is -2.15. The lowest BCUT2D eigenvalue weighted by Crippen LogP contribution is -2.34. The van der Waals surface area contributed by atoms with Gasteiger partial charge in [0.2, 0.25) is 0 Å². The van der Waals surface area contributed by atoms with Crippen LogP contribution < -0.4 is 5.32 Å². The van der Waals surface area contributed by atoms with Crippen LogP contribution in [0.4, 0.5) is 0 Å². The van der Waals surface area contributed by atoms with Gasteiger partial charge in [-0.25, -0.2) is 0 Å². The number of halogens is 1. The SMILES string of the molecule is CCC(CCCl)NC(=O)c1ccc(O)c(O)c1. The van der Waals surface area contributed by atoms with E-state index < -0.39 is 0 Å². The second kappa shape index (κ2) is 6.35. The molecular weight excluding hydrogens is 242 g/mol. The topological polar surface area (TPSA) is 69.6 Å². The maximum Gasteiger partial charge on any atom is 0.251 e. The van der Waals surface area contributed by atoms with Crippen LogP contribution in [-0.4, -0.2) is 28.0 Å². The van der Waals surface area contributed by atoms with E-state index in [1.165, 1.54) is 18.2 Å². The quantitative estimate of drug-likeness (QED) is 0.560. The minimum Gasteiger partial charge on any atom is -0.504 e. The van der Waals surface area contributed by atoms with E-state index in [4.69, 9.17) is 16.7 Å². The monoisotopic (exact) mass is 257 g/mol. The third-order valence-electron chi connectivity index (χ3n) is 2.52. The van der Waals surface area contributed by atoms with Gasteiger partial charge in [0.1, 0.15) is 0 Å². The molecule has 0 fully saturated rings. The molecule has 1 unspecified atom stereocenters. The highest BCUT2D eigenvalue weighted by Crippen LogP contribution is 2.24. The molecule has 0 bridgehead atoms. The number of phenols is 2. The third kappa shape index (κ3) is 3.82. The molecule has 0 aliphatic carbocycles. The van der Waals surface area contributed by atoms with Crippen LogP contribution in [0.2, 0.25) is 0 Å². The number of hydrogen-bond acceptors (Lipinski definition) is 3. The molecule has 0 saturated heterocycles. The first-order valence-electron chi connectivity index (χ1n) is 5.47. The normalized spacial score (nSPS) is 12.1. The molecule has 1 atom stereocenters. The number of carbonyl (C=O) groups is 1. The standard InChI is InChI=1S/C12H16ClNO3/c1-2-9(5-6-13)14-12(17)8-3-4-10(15)11(16)7-8/h3-4,7,9,15-16H,2,5-6H2,1H3,(H,14,17). The Morgan fingerprint density at radius 3 is 2.65 bits per heavy atom. The van der Waals surface area contributed by atoms with Crippen LogP contribution >= 0.6 is 11.6 Å². The summed E-state index contributed by atoms with van der Waals surface area (Å²) in [5.41, 5.74) is 0.313. The zero-order valence-electron chi connectivity index (χ0n) is 9.61. The molecule has 0 spiro atoms. The van der Waals surface area contributed by atoms with E-state index >= 15 is 0 Å². The van der Waals surface area contributed by atoms with Gasteiger partial charge in [0, 0.05) is 17.5 Å². The molecule has 0 aliphatic heterocycles. The molecule has 1 aromatic rings. The number of hydrogen-bond donors (Lipinski definition) is 3. The zero-order valence-corrected chi connectivity index (χ0v) is 10.4. The molecule has 5 heteroatoms. The average Bonchev–Trinajstić information content (AvgIpc) is 2.31. The van der Waals surface area contributed by atoms with Crippen LogP contribution in [0.1, 0.15) is 30.1 Å². The van der Waals surface area contributed by atoms with Gasteiger partial charge in [0.05, 0.1) is 0 Å². The molecule has 0 aromatic heterocycles. The van der Waals surface area contributed by atoms with Crippen molar-refractivity contribution in [2.45, 2.75) is 25.8 Å². The number of benzene rings is 1. The summed E-state index contributed by atoms with van der Waals surface area (Å²) in [7, 11) is 0. The fraction of sp³-hybridized carbons (Fsp3) is 0.417. The Kier molecular flexibility index (Phi) is 5.10. The average molecular weight is 258 g/mol. The lowest BCUT2D eigenvalue weighted by molar-refractivity contribution is 0.0934. The molecule has 0 aliphatic rings. The van der Waals surface area contributed by atoms with E-state index in [9.17, 15) is 9.90 Å². The molecule has 94 valence electrons. The summed E-state index contributed by atoms with van der Waals surface area (Å²) in [4.78, 5) is 11.8. The van der Waals surface area contributed by atoms with Crippen molar-refractivity contribution < 1.29 is 15.0 Å².